The van der Waals surface area contributed by atoms with Gasteiger partial charge in [-0.05, 0) is 24.3 Å². The molecule has 0 N–H and O–H groups in total. The molecule has 0 aromatic carbocycles. The molecule has 6 heteroatoms. The van der Waals surface area contributed by atoms with Crippen LogP contribution < -0.4 is 4.90 Å². The second-order valence-corrected chi connectivity index (χ2v) is 5.04. The number of hydrogen-bond acceptors (Lipinski definition) is 5. The van der Waals surface area contributed by atoms with Crippen LogP contribution >= 0.6 is 0 Å². The summed E-state index contributed by atoms with van der Waals surface area (Å²) >= 11 is 0. The number of carbonyl (C=O) groups is 1. The zero-order valence-corrected chi connectivity index (χ0v) is 12.0. The molecule has 3 rings (SSSR count). The third-order valence-electron chi connectivity index (χ3n) is 3.68. The van der Waals surface area contributed by atoms with Gasteiger partial charge >= 0.3 is 0 Å². The summed E-state index contributed by atoms with van der Waals surface area (Å²) in [6.45, 7) is 2.75. The van der Waals surface area contributed by atoms with Gasteiger partial charge in [-0.15, -0.1) is 0 Å². The predicted molar refractivity (Wildman–Crippen MR) is 81.3 cm³/mol. The summed E-state index contributed by atoms with van der Waals surface area (Å²) in [6, 6.07) is 9.21. The number of aromatic nitrogens is 2. The molecular formula is C16H15N5O. The molecule has 110 valence electrons. The van der Waals surface area contributed by atoms with Crippen LogP contribution in [0, 0.1) is 11.3 Å². The minimum atomic E-state index is 0.0144. The molecule has 0 saturated carbocycles. The highest BCUT2D eigenvalue weighted by molar-refractivity contribution is 5.94. The molecule has 0 spiro atoms. The normalized spacial score (nSPS) is 14.5. The largest absolute Gasteiger partial charge is 0.353 e. The van der Waals surface area contributed by atoms with Crippen molar-refractivity contribution in [2.45, 2.75) is 0 Å². The summed E-state index contributed by atoms with van der Waals surface area (Å²) in [5, 5.41) is 8.79. The smallest absolute Gasteiger partial charge is 0.255 e. The first-order chi connectivity index (χ1) is 10.8. The second-order valence-electron chi connectivity index (χ2n) is 5.04. The Morgan fingerprint density at radius 2 is 1.95 bits per heavy atom. The van der Waals surface area contributed by atoms with Gasteiger partial charge in [0.05, 0.1) is 11.1 Å². The van der Waals surface area contributed by atoms with Gasteiger partial charge in [-0.1, -0.05) is 0 Å². The zero-order chi connectivity index (χ0) is 15.4. The number of nitrogens with zero attached hydrogens (tertiary/aromatic N) is 5. The van der Waals surface area contributed by atoms with Crippen LogP contribution in [0.15, 0.2) is 42.9 Å². The maximum atomic E-state index is 12.3. The lowest BCUT2D eigenvalue weighted by Gasteiger charge is -2.35. The standard InChI is InChI=1S/C16H15N5O/c17-10-13-3-4-15(19-11-13)20-6-8-21(9-7-20)16(22)14-2-1-5-18-12-14/h1-5,11-12H,6-9H2. The van der Waals surface area contributed by atoms with Gasteiger partial charge < -0.3 is 9.80 Å². The molecule has 2 aromatic heterocycles. The molecule has 0 bridgehead atoms. The van der Waals surface area contributed by atoms with Crippen molar-refractivity contribution in [3.63, 3.8) is 0 Å². The van der Waals surface area contributed by atoms with Gasteiger partial charge in [0.15, 0.2) is 0 Å². The summed E-state index contributed by atoms with van der Waals surface area (Å²) in [6.07, 6.45) is 4.82. The average molecular weight is 293 g/mol. The van der Waals surface area contributed by atoms with Crippen LogP contribution in [0.3, 0.4) is 0 Å². The lowest BCUT2D eigenvalue weighted by atomic mass is 10.2. The van der Waals surface area contributed by atoms with Gasteiger partial charge in [0.25, 0.3) is 5.91 Å². The van der Waals surface area contributed by atoms with E-state index in [4.69, 9.17) is 5.26 Å². The Morgan fingerprint density at radius 3 is 2.55 bits per heavy atom. The van der Waals surface area contributed by atoms with Gasteiger partial charge in [0, 0.05) is 44.8 Å². The van der Waals surface area contributed by atoms with E-state index in [0.717, 1.165) is 18.9 Å². The van der Waals surface area contributed by atoms with Crippen molar-refractivity contribution in [1.82, 2.24) is 14.9 Å². The number of amides is 1. The minimum Gasteiger partial charge on any atom is -0.353 e. The van der Waals surface area contributed by atoms with E-state index in [1.807, 2.05) is 11.0 Å². The van der Waals surface area contributed by atoms with Crippen LogP contribution in [-0.2, 0) is 0 Å². The van der Waals surface area contributed by atoms with Gasteiger partial charge in [0.1, 0.15) is 11.9 Å². The van der Waals surface area contributed by atoms with Gasteiger partial charge in [-0.25, -0.2) is 4.98 Å². The van der Waals surface area contributed by atoms with E-state index in [1.165, 1.54) is 0 Å². The fourth-order valence-corrected chi connectivity index (χ4v) is 2.45. The van der Waals surface area contributed by atoms with Crippen LogP contribution in [0.4, 0.5) is 5.82 Å². The number of pyridine rings is 2. The maximum absolute atomic E-state index is 12.3. The predicted octanol–water partition coefficient (Wildman–Crippen LogP) is 1.31. The van der Waals surface area contributed by atoms with E-state index in [9.17, 15) is 4.79 Å². The van der Waals surface area contributed by atoms with Gasteiger partial charge in [0.2, 0.25) is 0 Å². The van der Waals surface area contributed by atoms with E-state index in [2.05, 4.69) is 20.9 Å². The minimum absolute atomic E-state index is 0.0144. The summed E-state index contributed by atoms with van der Waals surface area (Å²) < 4.78 is 0. The molecule has 1 fully saturated rings. The molecule has 1 aliphatic rings. The summed E-state index contributed by atoms with van der Waals surface area (Å²) in [7, 11) is 0. The lowest BCUT2D eigenvalue weighted by Crippen LogP contribution is -2.49. The van der Waals surface area contributed by atoms with Crippen molar-refractivity contribution in [1.29, 1.82) is 5.26 Å². The quantitative estimate of drug-likeness (QED) is 0.834. The fourth-order valence-electron chi connectivity index (χ4n) is 2.45. The zero-order valence-electron chi connectivity index (χ0n) is 12.0. The molecule has 0 radical (unpaired) electrons. The van der Waals surface area contributed by atoms with E-state index in [1.54, 1.807) is 36.8 Å². The molecule has 0 unspecified atom stereocenters. The highest BCUT2D eigenvalue weighted by atomic mass is 16.2. The molecule has 0 aliphatic carbocycles. The molecule has 3 heterocycles. The Morgan fingerprint density at radius 1 is 1.14 bits per heavy atom. The summed E-state index contributed by atoms with van der Waals surface area (Å²) in [5.74, 6) is 0.855. The summed E-state index contributed by atoms with van der Waals surface area (Å²) in [4.78, 5) is 24.6. The Kier molecular flexibility index (Phi) is 3.97. The molecule has 6 nitrogen and oxygen atoms in total. The molecule has 1 amide bonds. The number of anilines is 1. The number of piperazine rings is 1. The SMILES string of the molecule is N#Cc1ccc(N2CCN(C(=O)c3cccnc3)CC2)nc1. The fraction of sp³-hybridized carbons (Fsp3) is 0.250. The van der Waals surface area contributed by atoms with Crippen molar-refractivity contribution in [2.75, 3.05) is 31.1 Å². The van der Waals surface area contributed by atoms with Gasteiger partial charge in [-0.3, -0.25) is 9.78 Å². The molecule has 22 heavy (non-hydrogen) atoms. The van der Waals surface area contributed by atoms with Crippen LogP contribution in [0.1, 0.15) is 15.9 Å². The van der Waals surface area contributed by atoms with Crippen molar-refractivity contribution in [3.05, 3.63) is 54.0 Å². The maximum Gasteiger partial charge on any atom is 0.255 e. The Balaban J connectivity index is 1.62. The van der Waals surface area contributed by atoms with Crippen LogP contribution in [0.2, 0.25) is 0 Å². The lowest BCUT2D eigenvalue weighted by molar-refractivity contribution is 0.0746. The van der Waals surface area contributed by atoms with E-state index in [0.29, 0.717) is 24.2 Å². The Hall–Kier alpha value is -2.94. The molecule has 2 aromatic rings. The monoisotopic (exact) mass is 293 g/mol. The Labute approximate surface area is 128 Å². The second kappa shape index (κ2) is 6.22. The first-order valence-electron chi connectivity index (χ1n) is 7.08. The molecule has 1 saturated heterocycles. The average Bonchev–Trinajstić information content (AvgIpc) is 2.62. The third-order valence-corrected chi connectivity index (χ3v) is 3.68. The van der Waals surface area contributed by atoms with Crippen molar-refractivity contribution >= 4 is 11.7 Å². The van der Waals surface area contributed by atoms with Crippen molar-refractivity contribution in [2.24, 2.45) is 0 Å². The number of hydrogen-bond donors (Lipinski definition) is 0. The first-order valence-corrected chi connectivity index (χ1v) is 7.08. The van der Waals surface area contributed by atoms with E-state index in [-0.39, 0.29) is 5.91 Å². The van der Waals surface area contributed by atoms with Crippen LogP contribution in [0.25, 0.3) is 0 Å². The highest BCUT2D eigenvalue weighted by Gasteiger charge is 2.22. The molecule has 0 atom stereocenters. The van der Waals surface area contributed by atoms with Crippen LogP contribution in [-0.4, -0.2) is 47.0 Å². The van der Waals surface area contributed by atoms with E-state index < -0.39 is 0 Å². The Bertz CT molecular complexity index is 685. The first kappa shape index (κ1) is 14.0. The topological polar surface area (TPSA) is 73.1 Å². The number of rotatable bonds is 2. The van der Waals surface area contributed by atoms with E-state index >= 15 is 0 Å². The highest BCUT2D eigenvalue weighted by Crippen LogP contribution is 2.15. The molecule has 1 aliphatic heterocycles. The summed E-state index contributed by atoms with van der Waals surface area (Å²) in [5.41, 5.74) is 1.17. The third kappa shape index (κ3) is 2.88. The van der Waals surface area contributed by atoms with Crippen LogP contribution in [0.5, 0.6) is 0 Å². The molecular weight excluding hydrogens is 278 g/mol. The number of carbonyl (C=O) groups excluding carboxylic acids is 1. The van der Waals surface area contributed by atoms with Crippen molar-refractivity contribution < 1.29 is 4.79 Å². The van der Waals surface area contributed by atoms with Crippen molar-refractivity contribution in [3.8, 4) is 6.07 Å². The number of nitriles is 1. The van der Waals surface area contributed by atoms with Gasteiger partial charge in [-0.2, -0.15) is 5.26 Å².